The Morgan fingerprint density at radius 1 is 1.14 bits per heavy atom. The number of non-ortho nitro benzene ring substituents is 1. The summed E-state index contributed by atoms with van der Waals surface area (Å²) < 4.78 is 0. The molecule has 0 atom stereocenters. The van der Waals surface area contributed by atoms with Crippen LogP contribution in [0.5, 0.6) is 0 Å². The number of rotatable bonds is 4. The number of amides is 2. The van der Waals surface area contributed by atoms with Crippen LogP contribution < -0.4 is 5.32 Å². The molecular weight excluding hydrogens is 288 g/mol. The first kappa shape index (κ1) is 15.9. The Balaban J connectivity index is 1.94. The SMILES string of the molecule is CNCC(=O)N1CCN(C(=O)c2ccc([N+](=O)[O-])cc2)CC1. The van der Waals surface area contributed by atoms with Crippen LogP contribution in [0.15, 0.2) is 24.3 Å². The van der Waals surface area contributed by atoms with Crippen LogP contribution in [0.4, 0.5) is 5.69 Å². The van der Waals surface area contributed by atoms with Crippen LogP contribution in [-0.2, 0) is 4.79 Å². The molecule has 1 fully saturated rings. The Morgan fingerprint density at radius 2 is 1.68 bits per heavy atom. The third-order valence-corrected chi connectivity index (χ3v) is 3.57. The Morgan fingerprint density at radius 3 is 2.18 bits per heavy atom. The van der Waals surface area contributed by atoms with E-state index >= 15 is 0 Å². The van der Waals surface area contributed by atoms with Crippen molar-refractivity contribution in [1.29, 1.82) is 0 Å². The maximum Gasteiger partial charge on any atom is 0.269 e. The van der Waals surface area contributed by atoms with Crippen molar-refractivity contribution in [1.82, 2.24) is 15.1 Å². The monoisotopic (exact) mass is 306 g/mol. The van der Waals surface area contributed by atoms with Crippen LogP contribution in [0.25, 0.3) is 0 Å². The summed E-state index contributed by atoms with van der Waals surface area (Å²) >= 11 is 0. The fraction of sp³-hybridized carbons (Fsp3) is 0.429. The highest BCUT2D eigenvalue weighted by atomic mass is 16.6. The zero-order valence-electron chi connectivity index (χ0n) is 12.3. The summed E-state index contributed by atoms with van der Waals surface area (Å²) in [6.45, 7) is 2.21. The van der Waals surface area contributed by atoms with E-state index in [0.29, 0.717) is 31.7 Å². The van der Waals surface area contributed by atoms with E-state index in [1.165, 1.54) is 24.3 Å². The van der Waals surface area contributed by atoms with Crippen LogP contribution in [0.2, 0.25) is 0 Å². The van der Waals surface area contributed by atoms with E-state index in [1.54, 1.807) is 16.8 Å². The van der Waals surface area contributed by atoms with Gasteiger partial charge in [-0.15, -0.1) is 0 Å². The summed E-state index contributed by atoms with van der Waals surface area (Å²) in [5, 5.41) is 13.4. The first-order valence-electron chi connectivity index (χ1n) is 6.99. The van der Waals surface area contributed by atoms with Gasteiger partial charge in [-0.1, -0.05) is 0 Å². The van der Waals surface area contributed by atoms with Gasteiger partial charge in [0, 0.05) is 43.9 Å². The van der Waals surface area contributed by atoms with Gasteiger partial charge in [0.05, 0.1) is 11.5 Å². The van der Waals surface area contributed by atoms with Crippen molar-refractivity contribution < 1.29 is 14.5 Å². The molecule has 0 aliphatic carbocycles. The van der Waals surface area contributed by atoms with Gasteiger partial charge in [0.1, 0.15) is 0 Å². The zero-order chi connectivity index (χ0) is 16.1. The molecular formula is C14H18N4O4. The average molecular weight is 306 g/mol. The van der Waals surface area contributed by atoms with Crippen LogP contribution in [0, 0.1) is 10.1 Å². The Labute approximate surface area is 127 Å². The second-order valence-corrected chi connectivity index (χ2v) is 5.01. The molecule has 1 N–H and O–H groups in total. The average Bonchev–Trinajstić information content (AvgIpc) is 2.54. The van der Waals surface area contributed by atoms with Crippen molar-refractivity contribution in [3.8, 4) is 0 Å². The lowest BCUT2D eigenvalue weighted by Gasteiger charge is -2.34. The van der Waals surface area contributed by atoms with Crippen LogP contribution in [-0.4, -0.2) is 66.3 Å². The molecule has 118 valence electrons. The summed E-state index contributed by atoms with van der Waals surface area (Å²) in [6.07, 6.45) is 0. The van der Waals surface area contributed by atoms with E-state index in [9.17, 15) is 19.7 Å². The second-order valence-electron chi connectivity index (χ2n) is 5.01. The van der Waals surface area contributed by atoms with Crippen molar-refractivity contribution in [2.75, 3.05) is 39.8 Å². The summed E-state index contributed by atoms with van der Waals surface area (Å²) in [4.78, 5) is 37.5. The topological polar surface area (TPSA) is 95.8 Å². The molecule has 1 saturated heterocycles. The van der Waals surface area contributed by atoms with Gasteiger partial charge < -0.3 is 15.1 Å². The Kier molecular flexibility index (Phi) is 5.05. The third kappa shape index (κ3) is 3.59. The highest BCUT2D eigenvalue weighted by Crippen LogP contribution is 2.14. The molecule has 8 nitrogen and oxygen atoms in total. The predicted molar refractivity (Wildman–Crippen MR) is 79.5 cm³/mol. The molecule has 0 unspecified atom stereocenters. The Bertz CT molecular complexity index is 565. The van der Waals surface area contributed by atoms with Gasteiger partial charge in [-0.3, -0.25) is 19.7 Å². The molecule has 1 aromatic rings. The number of nitro benzene ring substituents is 1. The summed E-state index contributed by atoms with van der Waals surface area (Å²) in [5.74, 6) is -0.152. The smallest absolute Gasteiger partial charge is 0.269 e. The quantitative estimate of drug-likeness (QED) is 0.628. The van der Waals surface area contributed by atoms with Gasteiger partial charge in [0.2, 0.25) is 5.91 Å². The second kappa shape index (κ2) is 6.99. The van der Waals surface area contributed by atoms with Crippen LogP contribution >= 0.6 is 0 Å². The van der Waals surface area contributed by atoms with Crippen molar-refractivity contribution >= 4 is 17.5 Å². The molecule has 2 amide bonds. The number of carbonyl (C=O) groups is 2. The minimum absolute atomic E-state index is 0.0185. The van der Waals surface area contributed by atoms with E-state index in [1.807, 2.05) is 0 Å². The van der Waals surface area contributed by atoms with E-state index < -0.39 is 4.92 Å². The number of nitrogens with one attached hydrogen (secondary N) is 1. The zero-order valence-corrected chi connectivity index (χ0v) is 12.3. The van der Waals surface area contributed by atoms with Crippen LogP contribution in [0.3, 0.4) is 0 Å². The summed E-state index contributed by atoms with van der Waals surface area (Å²) in [6, 6.07) is 5.55. The molecule has 0 aromatic heterocycles. The standard InChI is InChI=1S/C14H18N4O4/c1-15-10-13(19)16-6-8-17(9-7-16)14(20)11-2-4-12(5-3-11)18(21)22/h2-5,15H,6-10H2,1H3. The number of hydrogen-bond donors (Lipinski definition) is 1. The lowest BCUT2D eigenvalue weighted by molar-refractivity contribution is -0.384. The molecule has 0 spiro atoms. The fourth-order valence-electron chi connectivity index (χ4n) is 2.33. The number of likely N-dealkylation sites (N-methyl/N-ethyl adjacent to an activating group) is 1. The van der Waals surface area contributed by atoms with E-state index in [-0.39, 0.29) is 24.0 Å². The van der Waals surface area contributed by atoms with Gasteiger partial charge in [-0.2, -0.15) is 0 Å². The number of nitrogens with zero attached hydrogens (tertiary/aromatic N) is 3. The minimum atomic E-state index is -0.500. The fourth-order valence-corrected chi connectivity index (χ4v) is 2.33. The molecule has 1 aliphatic heterocycles. The molecule has 8 heteroatoms. The number of hydrogen-bond acceptors (Lipinski definition) is 5. The highest BCUT2D eigenvalue weighted by Gasteiger charge is 2.24. The summed E-state index contributed by atoms with van der Waals surface area (Å²) in [5.41, 5.74) is 0.375. The molecule has 1 heterocycles. The van der Waals surface area contributed by atoms with Crippen molar-refractivity contribution in [2.45, 2.75) is 0 Å². The van der Waals surface area contributed by atoms with Gasteiger partial charge >= 0.3 is 0 Å². The number of piperazine rings is 1. The minimum Gasteiger partial charge on any atom is -0.338 e. The van der Waals surface area contributed by atoms with Gasteiger partial charge in [-0.25, -0.2) is 0 Å². The van der Waals surface area contributed by atoms with Crippen molar-refractivity contribution in [2.24, 2.45) is 0 Å². The lowest BCUT2D eigenvalue weighted by atomic mass is 10.1. The molecule has 2 rings (SSSR count). The largest absolute Gasteiger partial charge is 0.338 e. The molecule has 1 aromatic carbocycles. The molecule has 22 heavy (non-hydrogen) atoms. The number of carbonyl (C=O) groups excluding carboxylic acids is 2. The maximum atomic E-state index is 12.3. The van der Waals surface area contributed by atoms with Crippen LogP contribution in [0.1, 0.15) is 10.4 Å². The molecule has 1 aliphatic rings. The molecule has 0 radical (unpaired) electrons. The van der Waals surface area contributed by atoms with Crippen molar-refractivity contribution in [3.05, 3.63) is 39.9 Å². The van der Waals surface area contributed by atoms with E-state index in [2.05, 4.69) is 5.32 Å². The Hall–Kier alpha value is -2.48. The number of benzene rings is 1. The normalized spacial score (nSPS) is 14.8. The first-order valence-corrected chi connectivity index (χ1v) is 6.99. The van der Waals surface area contributed by atoms with Gasteiger partial charge in [0.15, 0.2) is 0 Å². The first-order chi connectivity index (χ1) is 10.5. The highest BCUT2D eigenvalue weighted by molar-refractivity contribution is 5.94. The number of nitro groups is 1. The maximum absolute atomic E-state index is 12.3. The van der Waals surface area contributed by atoms with E-state index in [0.717, 1.165) is 0 Å². The third-order valence-electron chi connectivity index (χ3n) is 3.57. The summed E-state index contributed by atoms with van der Waals surface area (Å²) in [7, 11) is 1.71. The molecule has 0 bridgehead atoms. The van der Waals surface area contributed by atoms with E-state index in [4.69, 9.17) is 0 Å². The lowest BCUT2D eigenvalue weighted by Crippen LogP contribution is -2.52. The predicted octanol–water partition coefficient (Wildman–Crippen LogP) is 0.0986. The van der Waals surface area contributed by atoms with Gasteiger partial charge in [-0.05, 0) is 19.2 Å². The van der Waals surface area contributed by atoms with Crippen molar-refractivity contribution in [3.63, 3.8) is 0 Å². The van der Waals surface area contributed by atoms with Gasteiger partial charge in [0.25, 0.3) is 11.6 Å². The molecule has 0 saturated carbocycles.